The van der Waals surface area contributed by atoms with Crippen molar-refractivity contribution in [3.63, 3.8) is 0 Å². The second-order valence-electron chi connectivity index (χ2n) is 13.1. The second-order valence-corrected chi connectivity index (χ2v) is 13.1. The first-order valence-corrected chi connectivity index (χ1v) is 16.3. The average Bonchev–Trinajstić information content (AvgIpc) is 3.90. The third-order valence-electron chi connectivity index (χ3n) is 9.74. The second kappa shape index (κ2) is 12.6. The maximum absolute atomic E-state index is 13.3. The van der Waals surface area contributed by atoms with Crippen molar-refractivity contribution in [1.82, 2.24) is 35.1 Å². The van der Waals surface area contributed by atoms with E-state index in [0.717, 1.165) is 71.1 Å². The van der Waals surface area contributed by atoms with Gasteiger partial charge in [-0.15, -0.1) is 0 Å². The van der Waals surface area contributed by atoms with Gasteiger partial charge in [-0.3, -0.25) is 14.5 Å². The van der Waals surface area contributed by atoms with Gasteiger partial charge in [-0.1, -0.05) is 62.4 Å². The molecule has 236 valence electrons. The van der Waals surface area contributed by atoms with Crippen LogP contribution in [0.5, 0.6) is 0 Å². The average molecular weight is 616 g/mol. The lowest BCUT2D eigenvalue weighted by Gasteiger charge is -2.29. The van der Waals surface area contributed by atoms with Gasteiger partial charge >= 0.3 is 0 Å². The number of likely N-dealkylation sites (tertiary alicyclic amines) is 2. The van der Waals surface area contributed by atoms with Crippen LogP contribution in [0.15, 0.2) is 73.1 Å². The highest BCUT2D eigenvalue weighted by Gasteiger charge is 2.36. The molecule has 9 nitrogen and oxygen atoms in total. The fourth-order valence-corrected chi connectivity index (χ4v) is 7.11. The Hall–Kier alpha value is -4.76. The van der Waals surface area contributed by atoms with Gasteiger partial charge in [0.1, 0.15) is 17.7 Å². The lowest BCUT2D eigenvalue weighted by molar-refractivity contribution is -0.137. The first-order chi connectivity index (χ1) is 22.4. The van der Waals surface area contributed by atoms with Gasteiger partial charge in [0.05, 0.1) is 35.9 Å². The summed E-state index contributed by atoms with van der Waals surface area (Å²) in [5.41, 5.74) is 6.46. The topological polar surface area (TPSA) is 110 Å². The fraction of sp³-hybridized carbons (Fsp3) is 0.351. The molecule has 0 saturated carbocycles. The molecule has 4 heterocycles. The first-order valence-electron chi connectivity index (χ1n) is 16.3. The summed E-state index contributed by atoms with van der Waals surface area (Å²) < 4.78 is 0. The number of H-pyrrole nitrogens is 2. The normalized spacial score (nSPS) is 19.3. The van der Waals surface area contributed by atoms with Crippen LogP contribution in [-0.2, 0) is 9.59 Å². The summed E-state index contributed by atoms with van der Waals surface area (Å²) >= 11 is 0. The number of amides is 2. The molecular weight excluding hydrogens is 574 g/mol. The summed E-state index contributed by atoms with van der Waals surface area (Å²) in [7, 11) is 2.17. The van der Waals surface area contributed by atoms with Crippen molar-refractivity contribution in [1.29, 1.82) is 0 Å². The van der Waals surface area contributed by atoms with E-state index in [-0.39, 0.29) is 17.9 Å². The number of nitrogens with zero attached hydrogens (tertiary/aromatic N) is 4. The predicted octanol–water partition coefficient (Wildman–Crippen LogP) is 6.49. The van der Waals surface area contributed by atoms with E-state index < -0.39 is 6.04 Å². The van der Waals surface area contributed by atoms with Crippen LogP contribution in [-0.4, -0.2) is 68.2 Å². The third-order valence-corrected chi connectivity index (χ3v) is 9.74. The Morgan fingerprint density at radius 2 is 1.37 bits per heavy atom. The lowest BCUT2D eigenvalue weighted by Crippen LogP contribution is -2.48. The molecule has 3 atom stereocenters. The van der Waals surface area contributed by atoms with E-state index in [0.29, 0.717) is 19.0 Å². The van der Waals surface area contributed by atoms with E-state index in [2.05, 4.69) is 92.9 Å². The van der Waals surface area contributed by atoms with E-state index in [9.17, 15) is 9.59 Å². The number of aromatic nitrogens is 4. The van der Waals surface area contributed by atoms with Crippen molar-refractivity contribution < 1.29 is 9.59 Å². The molecule has 0 bridgehead atoms. The van der Waals surface area contributed by atoms with E-state index in [4.69, 9.17) is 4.98 Å². The number of carbonyl (C=O) groups excluding carboxylic acids is 2. The van der Waals surface area contributed by atoms with Crippen LogP contribution >= 0.6 is 0 Å². The summed E-state index contributed by atoms with van der Waals surface area (Å²) in [6.45, 7) is 5.67. The third kappa shape index (κ3) is 5.71. The number of carbonyl (C=O) groups is 2. The molecular formula is C37H41N7O2. The number of nitrogens with one attached hydrogen (secondary N) is 3. The van der Waals surface area contributed by atoms with Gasteiger partial charge in [-0.25, -0.2) is 9.97 Å². The molecule has 5 aromatic rings. The van der Waals surface area contributed by atoms with Gasteiger partial charge in [0, 0.05) is 12.1 Å². The number of aromatic amines is 2. The number of imidazole rings is 2. The van der Waals surface area contributed by atoms with E-state index in [1.54, 1.807) is 0 Å². The molecule has 0 aliphatic carbocycles. The van der Waals surface area contributed by atoms with Crippen LogP contribution in [0.4, 0.5) is 0 Å². The molecule has 0 unspecified atom stereocenters. The summed E-state index contributed by atoms with van der Waals surface area (Å²) in [4.78, 5) is 45.1. The summed E-state index contributed by atoms with van der Waals surface area (Å²) in [5, 5.41) is 5.09. The van der Waals surface area contributed by atoms with E-state index >= 15 is 0 Å². The number of hydrogen-bond acceptors (Lipinski definition) is 5. The van der Waals surface area contributed by atoms with Crippen LogP contribution in [0.3, 0.4) is 0 Å². The van der Waals surface area contributed by atoms with Gasteiger partial charge in [0.15, 0.2) is 0 Å². The quantitative estimate of drug-likeness (QED) is 0.164. The Labute approximate surface area is 269 Å². The molecule has 7 rings (SSSR count). The molecule has 2 aromatic heterocycles. The Kier molecular flexibility index (Phi) is 8.17. The number of benzene rings is 3. The van der Waals surface area contributed by atoms with Crippen molar-refractivity contribution in [2.24, 2.45) is 5.92 Å². The summed E-state index contributed by atoms with van der Waals surface area (Å²) in [5.74, 6) is 1.79. The smallest absolute Gasteiger partial charge is 0.246 e. The number of hydrogen-bond donors (Lipinski definition) is 3. The minimum atomic E-state index is -0.537. The molecule has 0 radical (unpaired) electrons. The van der Waals surface area contributed by atoms with Crippen molar-refractivity contribution >= 4 is 23.1 Å². The monoisotopic (exact) mass is 615 g/mol. The minimum absolute atomic E-state index is 0.00363. The Balaban J connectivity index is 1.06. The van der Waals surface area contributed by atoms with Gasteiger partial charge < -0.3 is 20.2 Å². The molecule has 46 heavy (non-hydrogen) atoms. The summed E-state index contributed by atoms with van der Waals surface area (Å²) in [6, 6.07) is 21.4. The largest absolute Gasteiger partial charge is 0.347 e. The molecule has 3 aromatic carbocycles. The van der Waals surface area contributed by atoms with Gasteiger partial charge in [0.2, 0.25) is 12.3 Å². The van der Waals surface area contributed by atoms with Crippen molar-refractivity contribution in [2.45, 2.75) is 57.7 Å². The number of fused-ring (bicyclic) bond motifs is 1. The minimum Gasteiger partial charge on any atom is -0.347 e. The zero-order chi connectivity index (χ0) is 31.8. The van der Waals surface area contributed by atoms with E-state index in [1.807, 2.05) is 31.1 Å². The first kappa shape index (κ1) is 29.9. The Morgan fingerprint density at radius 3 is 2.02 bits per heavy atom. The molecule has 2 aliphatic heterocycles. The fourth-order valence-electron chi connectivity index (χ4n) is 7.11. The molecule has 2 saturated heterocycles. The highest BCUT2D eigenvalue weighted by Crippen LogP contribution is 2.34. The Bertz CT molecular complexity index is 1860. The zero-order valence-electron chi connectivity index (χ0n) is 26.7. The van der Waals surface area contributed by atoms with Crippen LogP contribution in [0.2, 0.25) is 0 Å². The highest BCUT2D eigenvalue weighted by atomic mass is 16.2. The van der Waals surface area contributed by atoms with Crippen LogP contribution in [0.1, 0.15) is 63.3 Å². The lowest BCUT2D eigenvalue weighted by atomic mass is 9.98. The van der Waals surface area contributed by atoms with Crippen LogP contribution in [0, 0.1) is 5.92 Å². The highest BCUT2D eigenvalue weighted by molar-refractivity contribution is 5.90. The zero-order valence-corrected chi connectivity index (χ0v) is 26.7. The van der Waals surface area contributed by atoms with Crippen LogP contribution < -0.4 is 5.32 Å². The molecule has 2 fully saturated rings. The van der Waals surface area contributed by atoms with Crippen molar-refractivity contribution in [3.8, 4) is 33.6 Å². The van der Waals surface area contributed by atoms with Crippen molar-refractivity contribution in [3.05, 3.63) is 84.7 Å². The van der Waals surface area contributed by atoms with Gasteiger partial charge in [-0.2, -0.15) is 0 Å². The summed E-state index contributed by atoms with van der Waals surface area (Å²) in [6.07, 6.45) is 8.53. The molecule has 2 amide bonds. The van der Waals surface area contributed by atoms with E-state index in [1.165, 1.54) is 17.2 Å². The SMILES string of the molecule is CC(C)[C@H](NC=O)C(=O)N1CCC[C@H]1c1ncc(-c2ccc(-c3ccc4cc(-c5cnc([C@@H]6CCCN6C)[nH]5)ccc4c3)cc2)[nH]1. The standard InChI is InChI=1S/C37H41N7O2/c1-23(2)34(40-22-45)37(46)44-17-5-7-33(44)36-39-20-30(41-36)25-10-8-24(9-11-25)26-12-13-28-19-29(15-14-27(28)18-26)31-21-38-35(42-31)32-6-4-16-43(32)3/h8-15,18-23,32-34H,4-7,16-17H2,1-3H3,(H,38,42)(H,39,41)(H,40,45)/t32-,33-,34-/m0/s1. The molecule has 9 heteroatoms. The maximum atomic E-state index is 13.3. The van der Waals surface area contributed by atoms with Crippen molar-refractivity contribution in [2.75, 3.05) is 20.1 Å². The maximum Gasteiger partial charge on any atom is 0.246 e. The molecule has 0 spiro atoms. The van der Waals surface area contributed by atoms with Gasteiger partial charge in [-0.05, 0) is 84.8 Å². The predicted molar refractivity (Wildman–Crippen MR) is 181 cm³/mol. The van der Waals surface area contributed by atoms with Crippen LogP contribution in [0.25, 0.3) is 44.4 Å². The molecule has 3 N–H and O–H groups in total. The Morgan fingerprint density at radius 1 is 0.804 bits per heavy atom. The van der Waals surface area contributed by atoms with Gasteiger partial charge in [0.25, 0.3) is 0 Å². The molecule has 2 aliphatic rings. The number of rotatable bonds is 9.